The number of benzene rings is 2. The van der Waals surface area contributed by atoms with Gasteiger partial charge in [0.1, 0.15) is 17.5 Å². The van der Waals surface area contributed by atoms with Crippen LogP contribution in [0.4, 0.5) is 24.5 Å². The molecule has 0 atom stereocenters. The van der Waals surface area contributed by atoms with Crippen LogP contribution in [0.1, 0.15) is 15.9 Å². The van der Waals surface area contributed by atoms with Crippen molar-refractivity contribution in [2.24, 2.45) is 0 Å². The van der Waals surface area contributed by atoms with E-state index in [-0.39, 0.29) is 17.1 Å². The average Bonchev–Trinajstić information content (AvgIpc) is 2.66. The van der Waals surface area contributed by atoms with E-state index in [2.05, 4.69) is 15.6 Å². The van der Waals surface area contributed by atoms with Gasteiger partial charge < -0.3 is 10.6 Å². The van der Waals surface area contributed by atoms with E-state index >= 15 is 0 Å². The molecule has 1 aromatic heterocycles. The third-order valence-corrected chi connectivity index (χ3v) is 3.84. The van der Waals surface area contributed by atoms with Gasteiger partial charge in [-0.25, -0.2) is 13.2 Å². The number of pyridine rings is 1. The second-order valence-electron chi connectivity index (χ2n) is 5.84. The quantitative estimate of drug-likeness (QED) is 0.675. The van der Waals surface area contributed by atoms with E-state index in [1.807, 2.05) is 0 Å². The molecule has 0 bridgehead atoms. The summed E-state index contributed by atoms with van der Waals surface area (Å²) in [4.78, 5) is 16.3. The minimum Gasteiger partial charge on any atom is -0.383 e. The third-order valence-electron chi connectivity index (χ3n) is 3.84. The van der Waals surface area contributed by atoms with Gasteiger partial charge in [0.2, 0.25) is 0 Å². The summed E-state index contributed by atoms with van der Waals surface area (Å²) in [7, 11) is 0. The molecule has 7 heteroatoms. The molecule has 0 aliphatic carbocycles. The molecule has 138 valence electrons. The van der Waals surface area contributed by atoms with E-state index in [1.54, 1.807) is 24.4 Å². The summed E-state index contributed by atoms with van der Waals surface area (Å²) in [5, 5.41) is 5.51. The molecule has 0 radical (unpaired) electrons. The highest BCUT2D eigenvalue weighted by Crippen LogP contribution is 2.17. The van der Waals surface area contributed by atoms with Crippen molar-refractivity contribution in [3.63, 3.8) is 0 Å². The number of hydrogen-bond acceptors (Lipinski definition) is 3. The molecule has 0 saturated heterocycles. The molecule has 1 heterocycles. The Morgan fingerprint density at radius 3 is 2.41 bits per heavy atom. The molecule has 0 fully saturated rings. The molecule has 2 aromatic carbocycles. The fraction of sp³-hybridized carbons (Fsp3) is 0.100. The smallest absolute Gasteiger partial charge is 0.257 e. The Morgan fingerprint density at radius 1 is 0.926 bits per heavy atom. The molecule has 0 unspecified atom stereocenters. The second-order valence-corrected chi connectivity index (χ2v) is 5.84. The van der Waals surface area contributed by atoms with Gasteiger partial charge in [-0.15, -0.1) is 0 Å². The standard InChI is InChI=1S/C20H16F3N3O/c21-15-3-1-13(2-4-15)7-8-25-17-9-14(11-24-12-17)20(27)26-19-6-5-16(22)10-18(19)23/h1-6,9-12,25H,7-8H2,(H,26,27). The summed E-state index contributed by atoms with van der Waals surface area (Å²) in [5.74, 6) is -2.42. The zero-order valence-electron chi connectivity index (χ0n) is 14.2. The number of rotatable bonds is 6. The SMILES string of the molecule is O=C(Nc1ccc(F)cc1F)c1cncc(NCCc2ccc(F)cc2)c1. The number of carbonyl (C=O) groups excluding carboxylic acids is 1. The van der Waals surface area contributed by atoms with Crippen LogP contribution in [-0.4, -0.2) is 17.4 Å². The topological polar surface area (TPSA) is 54.0 Å². The van der Waals surface area contributed by atoms with Crippen LogP contribution in [0, 0.1) is 17.5 Å². The highest BCUT2D eigenvalue weighted by atomic mass is 19.1. The number of nitrogens with one attached hydrogen (secondary N) is 2. The Bertz CT molecular complexity index is 945. The third kappa shape index (κ3) is 5.07. The predicted octanol–water partition coefficient (Wildman–Crippen LogP) is 4.41. The van der Waals surface area contributed by atoms with Crippen LogP contribution >= 0.6 is 0 Å². The van der Waals surface area contributed by atoms with Crippen LogP contribution in [0.5, 0.6) is 0 Å². The number of halogens is 3. The van der Waals surface area contributed by atoms with Gasteiger partial charge in [0.15, 0.2) is 0 Å². The van der Waals surface area contributed by atoms with Crippen LogP contribution in [0.15, 0.2) is 60.9 Å². The van der Waals surface area contributed by atoms with Gasteiger partial charge in [-0.2, -0.15) is 0 Å². The van der Waals surface area contributed by atoms with E-state index in [0.717, 1.165) is 17.7 Å². The summed E-state index contributed by atoms with van der Waals surface area (Å²) in [6, 6.07) is 10.7. The van der Waals surface area contributed by atoms with Crippen LogP contribution in [0.2, 0.25) is 0 Å². The first-order chi connectivity index (χ1) is 13.0. The lowest BCUT2D eigenvalue weighted by molar-refractivity contribution is 0.102. The van der Waals surface area contributed by atoms with Crippen molar-refractivity contribution in [1.82, 2.24) is 4.98 Å². The molecular weight excluding hydrogens is 355 g/mol. The second kappa shape index (κ2) is 8.35. The Kier molecular flexibility index (Phi) is 5.71. The Labute approximate surface area is 154 Å². The van der Waals surface area contributed by atoms with Gasteiger partial charge in [-0.1, -0.05) is 12.1 Å². The lowest BCUT2D eigenvalue weighted by Gasteiger charge is -2.09. The summed E-state index contributed by atoms with van der Waals surface area (Å²) in [6.45, 7) is 0.560. The Hall–Kier alpha value is -3.35. The lowest BCUT2D eigenvalue weighted by Crippen LogP contribution is -2.14. The maximum atomic E-state index is 13.7. The first-order valence-corrected chi connectivity index (χ1v) is 8.21. The Balaban J connectivity index is 1.60. The maximum absolute atomic E-state index is 13.7. The van der Waals surface area contributed by atoms with Gasteiger partial charge in [0, 0.05) is 25.0 Å². The molecule has 0 aliphatic rings. The fourth-order valence-corrected chi connectivity index (χ4v) is 2.45. The lowest BCUT2D eigenvalue weighted by atomic mass is 10.1. The van der Waals surface area contributed by atoms with Gasteiger partial charge in [-0.3, -0.25) is 9.78 Å². The van der Waals surface area contributed by atoms with Crippen LogP contribution in [0.3, 0.4) is 0 Å². The molecule has 4 nitrogen and oxygen atoms in total. The average molecular weight is 371 g/mol. The molecule has 1 amide bonds. The van der Waals surface area contributed by atoms with Crippen LogP contribution in [-0.2, 0) is 6.42 Å². The molecule has 2 N–H and O–H groups in total. The summed E-state index contributed by atoms with van der Waals surface area (Å²) in [5.41, 5.74) is 1.70. The first kappa shape index (κ1) is 18.4. The molecule has 3 aromatic rings. The predicted molar refractivity (Wildman–Crippen MR) is 97.1 cm³/mol. The molecule has 3 rings (SSSR count). The molecule has 27 heavy (non-hydrogen) atoms. The van der Waals surface area contributed by atoms with E-state index in [0.29, 0.717) is 24.7 Å². The largest absolute Gasteiger partial charge is 0.383 e. The monoisotopic (exact) mass is 371 g/mol. The van der Waals surface area contributed by atoms with Gasteiger partial charge in [-0.05, 0) is 42.3 Å². The van der Waals surface area contributed by atoms with Crippen LogP contribution in [0.25, 0.3) is 0 Å². The van der Waals surface area contributed by atoms with Crippen molar-refractivity contribution < 1.29 is 18.0 Å². The van der Waals surface area contributed by atoms with Crippen molar-refractivity contribution in [2.45, 2.75) is 6.42 Å². The van der Waals surface area contributed by atoms with Crippen molar-refractivity contribution in [3.8, 4) is 0 Å². The number of carbonyl (C=O) groups is 1. The summed E-state index contributed by atoms with van der Waals surface area (Å²) < 4.78 is 39.5. The molecule has 0 saturated carbocycles. The van der Waals surface area contributed by atoms with Crippen molar-refractivity contribution >= 4 is 17.3 Å². The Morgan fingerprint density at radius 2 is 1.67 bits per heavy atom. The number of hydrogen-bond donors (Lipinski definition) is 2. The summed E-state index contributed by atoms with van der Waals surface area (Å²) >= 11 is 0. The van der Waals surface area contributed by atoms with Crippen LogP contribution < -0.4 is 10.6 Å². The van der Waals surface area contributed by atoms with Gasteiger partial charge in [0.05, 0.1) is 16.9 Å². The zero-order valence-corrected chi connectivity index (χ0v) is 14.2. The molecule has 0 spiro atoms. The van der Waals surface area contributed by atoms with Gasteiger partial charge in [0.25, 0.3) is 5.91 Å². The van der Waals surface area contributed by atoms with Crippen molar-refractivity contribution in [1.29, 1.82) is 0 Å². The van der Waals surface area contributed by atoms with E-state index in [4.69, 9.17) is 0 Å². The summed E-state index contributed by atoms with van der Waals surface area (Å²) in [6.07, 6.45) is 3.57. The molecule has 0 aliphatic heterocycles. The number of anilines is 2. The molecular formula is C20H16F3N3O. The number of amides is 1. The highest BCUT2D eigenvalue weighted by molar-refractivity contribution is 6.04. The van der Waals surface area contributed by atoms with E-state index in [9.17, 15) is 18.0 Å². The van der Waals surface area contributed by atoms with Crippen molar-refractivity contribution in [2.75, 3.05) is 17.2 Å². The van der Waals surface area contributed by atoms with Crippen molar-refractivity contribution in [3.05, 3.63) is 89.5 Å². The minimum absolute atomic E-state index is 0.115. The minimum atomic E-state index is -0.857. The highest BCUT2D eigenvalue weighted by Gasteiger charge is 2.11. The zero-order chi connectivity index (χ0) is 19.2. The van der Waals surface area contributed by atoms with E-state index < -0.39 is 17.5 Å². The van der Waals surface area contributed by atoms with Gasteiger partial charge >= 0.3 is 0 Å². The number of aromatic nitrogens is 1. The first-order valence-electron chi connectivity index (χ1n) is 8.21. The van der Waals surface area contributed by atoms with E-state index in [1.165, 1.54) is 18.3 Å². The fourth-order valence-electron chi connectivity index (χ4n) is 2.45. The maximum Gasteiger partial charge on any atom is 0.257 e. The normalized spacial score (nSPS) is 10.5. The number of nitrogens with zero attached hydrogens (tertiary/aromatic N) is 1.